The smallest absolute Gasteiger partial charge is 0.347 e. The van der Waals surface area contributed by atoms with E-state index >= 15 is 0 Å². The monoisotopic (exact) mass is 390 g/mol. The van der Waals surface area contributed by atoms with Crippen LogP contribution in [0.1, 0.15) is 44.6 Å². The summed E-state index contributed by atoms with van der Waals surface area (Å²) in [7, 11) is 0. The van der Waals surface area contributed by atoms with Crippen molar-refractivity contribution in [2.75, 3.05) is 33.1 Å². The zero-order valence-electron chi connectivity index (χ0n) is 16.1. The van der Waals surface area contributed by atoms with Crippen LogP contribution < -0.4 is 9.47 Å². The Bertz CT molecular complexity index is 725. The maximum Gasteiger partial charge on any atom is 0.347 e. The van der Waals surface area contributed by atoms with Crippen molar-refractivity contribution in [1.29, 1.82) is 0 Å². The van der Waals surface area contributed by atoms with Gasteiger partial charge < -0.3 is 23.9 Å². The molecule has 2 heterocycles. The van der Waals surface area contributed by atoms with E-state index in [0.29, 0.717) is 17.2 Å². The number of benzene rings is 1. The van der Waals surface area contributed by atoms with Gasteiger partial charge >= 0.3 is 5.97 Å². The fourth-order valence-corrected chi connectivity index (χ4v) is 3.13. The number of esters is 1. The van der Waals surface area contributed by atoms with Crippen molar-refractivity contribution in [2.45, 2.75) is 39.0 Å². The first kappa shape index (κ1) is 20.0. The first-order valence-corrected chi connectivity index (χ1v) is 9.63. The van der Waals surface area contributed by atoms with Gasteiger partial charge in [-0.25, -0.2) is 4.79 Å². The third-order valence-corrected chi connectivity index (χ3v) is 4.74. The maximum atomic E-state index is 12.2. The molecule has 2 aliphatic heterocycles. The van der Waals surface area contributed by atoms with E-state index in [4.69, 9.17) is 19.0 Å². The number of oxime groups is 1. The van der Waals surface area contributed by atoms with Crippen molar-refractivity contribution in [1.82, 2.24) is 4.90 Å². The van der Waals surface area contributed by atoms with E-state index in [1.54, 1.807) is 24.0 Å². The zero-order valence-corrected chi connectivity index (χ0v) is 16.1. The molecule has 28 heavy (non-hydrogen) atoms. The lowest BCUT2D eigenvalue weighted by Crippen LogP contribution is -2.37. The summed E-state index contributed by atoms with van der Waals surface area (Å²) >= 11 is 0. The number of ether oxygens (including phenoxy) is 3. The molecule has 3 rings (SSSR count). The van der Waals surface area contributed by atoms with Gasteiger partial charge in [-0.15, -0.1) is 0 Å². The van der Waals surface area contributed by atoms with Crippen LogP contribution in [-0.2, 0) is 19.2 Å². The van der Waals surface area contributed by atoms with Gasteiger partial charge in [-0.05, 0) is 38.0 Å². The van der Waals surface area contributed by atoms with Gasteiger partial charge in [0.1, 0.15) is 0 Å². The molecule has 2 aliphatic rings. The van der Waals surface area contributed by atoms with Gasteiger partial charge in [-0.1, -0.05) is 24.4 Å². The predicted octanol–water partition coefficient (Wildman–Crippen LogP) is 2.49. The molecule has 152 valence electrons. The molecule has 1 saturated heterocycles. The Morgan fingerprint density at radius 2 is 1.75 bits per heavy atom. The van der Waals surface area contributed by atoms with Gasteiger partial charge in [-0.3, -0.25) is 4.79 Å². The van der Waals surface area contributed by atoms with Crippen LogP contribution >= 0.6 is 0 Å². The molecule has 0 bridgehead atoms. The van der Waals surface area contributed by atoms with E-state index in [9.17, 15) is 9.59 Å². The molecule has 0 aromatic heterocycles. The van der Waals surface area contributed by atoms with Crippen LogP contribution in [0, 0.1) is 0 Å². The average Bonchev–Trinajstić information content (AvgIpc) is 3.13. The van der Waals surface area contributed by atoms with E-state index < -0.39 is 5.97 Å². The molecule has 8 heteroatoms. The van der Waals surface area contributed by atoms with E-state index in [1.807, 2.05) is 6.07 Å². The SMILES string of the molecule is C/C(=N/OCC(=O)OCC(=O)N1CCCCCCC1)c1ccc2c(c1)OCO2. The lowest BCUT2D eigenvalue weighted by molar-refractivity contribution is -0.155. The molecule has 0 aliphatic carbocycles. The first-order chi connectivity index (χ1) is 13.6. The summed E-state index contributed by atoms with van der Waals surface area (Å²) < 4.78 is 15.6. The number of hydrogen-bond acceptors (Lipinski definition) is 7. The lowest BCUT2D eigenvalue weighted by Gasteiger charge is -2.24. The minimum atomic E-state index is -0.623. The molecule has 1 aromatic carbocycles. The van der Waals surface area contributed by atoms with Gasteiger partial charge in [-0.2, -0.15) is 0 Å². The normalized spacial score (nSPS) is 16.9. The van der Waals surface area contributed by atoms with E-state index in [0.717, 1.165) is 44.3 Å². The summed E-state index contributed by atoms with van der Waals surface area (Å²) in [5.41, 5.74) is 1.38. The van der Waals surface area contributed by atoms with Crippen LogP contribution in [0.4, 0.5) is 0 Å². The molecule has 1 amide bonds. The highest BCUT2D eigenvalue weighted by Crippen LogP contribution is 2.32. The summed E-state index contributed by atoms with van der Waals surface area (Å²) in [6.45, 7) is 2.81. The molecule has 1 aromatic rings. The number of hydrogen-bond donors (Lipinski definition) is 0. The number of likely N-dealkylation sites (tertiary alicyclic amines) is 1. The van der Waals surface area contributed by atoms with Gasteiger partial charge in [0.05, 0.1) is 5.71 Å². The Balaban J connectivity index is 1.40. The number of carbonyl (C=O) groups excluding carboxylic acids is 2. The quantitative estimate of drug-likeness (QED) is 0.421. The van der Waals surface area contributed by atoms with Crippen molar-refractivity contribution in [3.63, 3.8) is 0 Å². The van der Waals surface area contributed by atoms with Crippen LogP contribution in [0.25, 0.3) is 0 Å². The molecular weight excluding hydrogens is 364 g/mol. The van der Waals surface area contributed by atoms with Crippen molar-refractivity contribution < 1.29 is 28.6 Å². The van der Waals surface area contributed by atoms with Gasteiger partial charge in [0, 0.05) is 18.7 Å². The van der Waals surface area contributed by atoms with Crippen LogP contribution in [0.3, 0.4) is 0 Å². The Labute approximate surface area is 164 Å². The molecule has 0 unspecified atom stereocenters. The third kappa shape index (κ3) is 5.61. The van der Waals surface area contributed by atoms with Crippen molar-refractivity contribution in [2.24, 2.45) is 5.16 Å². The fraction of sp³-hybridized carbons (Fsp3) is 0.550. The summed E-state index contributed by atoms with van der Waals surface area (Å²) in [6, 6.07) is 5.42. The topological polar surface area (TPSA) is 86.7 Å². The Hall–Kier alpha value is -2.77. The molecule has 0 saturated carbocycles. The highest BCUT2D eigenvalue weighted by Gasteiger charge is 2.17. The average molecular weight is 390 g/mol. The van der Waals surface area contributed by atoms with E-state index in [-0.39, 0.29) is 25.9 Å². The third-order valence-electron chi connectivity index (χ3n) is 4.74. The number of amides is 1. The van der Waals surface area contributed by atoms with E-state index in [2.05, 4.69) is 5.16 Å². The molecule has 0 N–H and O–H groups in total. The van der Waals surface area contributed by atoms with Crippen molar-refractivity contribution in [3.8, 4) is 11.5 Å². The molecule has 1 fully saturated rings. The van der Waals surface area contributed by atoms with Crippen molar-refractivity contribution in [3.05, 3.63) is 23.8 Å². The molecule has 8 nitrogen and oxygen atoms in total. The summed E-state index contributed by atoms with van der Waals surface area (Å²) in [5.74, 6) is 0.554. The second kappa shape index (κ2) is 9.96. The second-order valence-corrected chi connectivity index (χ2v) is 6.83. The van der Waals surface area contributed by atoms with Crippen LogP contribution in [-0.4, -0.2) is 55.6 Å². The van der Waals surface area contributed by atoms with Crippen LogP contribution in [0.5, 0.6) is 11.5 Å². The maximum absolute atomic E-state index is 12.2. The van der Waals surface area contributed by atoms with Crippen molar-refractivity contribution >= 4 is 17.6 Å². The van der Waals surface area contributed by atoms with E-state index in [1.165, 1.54) is 6.42 Å². The lowest BCUT2D eigenvalue weighted by atomic mass is 10.1. The number of rotatable bonds is 6. The number of nitrogens with zero attached hydrogens (tertiary/aromatic N) is 2. The number of fused-ring (bicyclic) bond motifs is 1. The highest BCUT2D eigenvalue weighted by atomic mass is 16.7. The second-order valence-electron chi connectivity index (χ2n) is 6.83. The largest absolute Gasteiger partial charge is 0.454 e. The summed E-state index contributed by atoms with van der Waals surface area (Å²) in [5, 5.41) is 3.92. The zero-order chi connectivity index (χ0) is 19.8. The van der Waals surface area contributed by atoms with Crippen LogP contribution in [0.2, 0.25) is 0 Å². The molecule has 0 spiro atoms. The Morgan fingerprint density at radius 3 is 2.54 bits per heavy atom. The summed E-state index contributed by atoms with van der Waals surface area (Å²) in [4.78, 5) is 30.8. The minimum Gasteiger partial charge on any atom is -0.454 e. The van der Waals surface area contributed by atoms with Gasteiger partial charge in [0.2, 0.25) is 13.4 Å². The Kier molecular flexibility index (Phi) is 7.11. The predicted molar refractivity (Wildman–Crippen MR) is 101 cm³/mol. The highest BCUT2D eigenvalue weighted by molar-refractivity contribution is 5.99. The van der Waals surface area contributed by atoms with Gasteiger partial charge in [0.15, 0.2) is 18.1 Å². The fourth-order valence-electron chi connectivity index (χ4n) is 3.13. The van der Waals surface area contributed by atoms with Crippen LogP contribution in [0.15, 0.2) is 23.4 Å². The first-order valence-electron chi connectivity index (χ1n) is 9.63. The minimum absolute atomic E-state index is 0.157. The van der Waals surface area contributed by atoms with Gasteiger partial charge in [0.25, 0.3) is 5.91 Å². The number of carbonyl (C=O) groups is 2. The molecule has 0 atom stereocenters. The molecule has 0 radical (unpaired) electrons. The Morgan fingerprint density at radius 1 is 1.04 bits per heavy atom. The standard InChI is InChI=1S/C20H26N2O6/c1-15(16-7-8-17-18(11-16)27-14-26-17)21-28-13-20(24)25-12-19(23)22-9-5-3-2-4-6-10-22/h7-8,11H,2-6,9-10,12-14H2,1H3/b21-15-. The summed E-state index contributed by atoms with van der Waals surface area (Å²) in [6.07, 6.45) is 5.49. The molecular formula is C20H26N2O6.